The second-order valence-corrected chi connectivity index (χ2v) is 3.22. The molecule has 1 unspecified atom stereocenters. The maximum Gasteiger partial charge on any atom is 0.327 e. The summed E-state index contributed by atoms with van der Waals surface area (Å²) in [5, 5.41) is 22.1. The Kier molecular flexibility index (Phi) is 4.06. The first-order valence-corrected chi connectivity index (χ1v) is 4.72. The van der Waals surface area contributed by atoms with Crippen molar-refractivity contribution >= 4 is 17.3 Å². The third-order valence-corrected chi connectivity index (χ3v) is 2.05. The van der Waals surface area contributed by atoms with Crippen LogP contribution in [0.5, 0.6) is 0 Å². The van der Waals surface area contributed by atoms with Crippen molar-refractivity contribution in [1.82, 2.24) is 0 Å². The molecule has 1 atom stereocenters. The number of benzene rings is 1. The van der Waals surface area contributed by atoms with E-state index in [1.54, 1.807) is 6.07 Å². The van der Waals surface area contributed by atoms with E-state index in [1.807, 2.05) is 0 Å². The van der Waals surface area contributed by atoms with Gasteiger partial charge in [0, 0.05) is 12.5 Å². The third-order valence-electron chi connectivity index (χ3n) is 2.05. The molecular weight excluding hydrogens is 224 g/mol. The molecule has 2 N–H and O–H groups in total. The van der Waals surface area contributed by atoms with Crippen LogP contribution in [0.15, 0.2) is 24.3 Å². The molecule has 6 nitrogen and oxygen atoms in total. The van der Waals surface area contributed by atoms with Gasteiger partial charge in [-0.1, -0.05) is 12.1 Å². The van der Waals surface area contributed by atoms with Gasteiger partial charge in [-0.25, -0.2) is 4.79 Å². The normalized spacial score (nSPS) is 11.2. The molecule has 0 heterocycles. The Labute approximate surface area is 97.4 Å². The molecule has 0 saturated carbocycles. The zero-order chi connectivity index (χ0) is 12.8. The summed E-state index contributed by atoms with van der Waals surface area (Å²) in [5.41, 5.74) is -0.0454. The van der Waals surface area contributed by atoms with E-state index in [0.29, 0.717) is 0 Å². The van der Waals surface area contributed by atoms with Crippen molar-refractivity contribution in [2.24, 2.45) is 0 Å². The minimum absolute atomic E-state index is 0.0542. The Morgan fingerprint density at radius 3 is 2.76 bits per heavy atom. The van der Waals surface area contributed by atoms with Gasteiger partial charge in [0.15, 0.2) is 0 Å². The van der Waals surface area contributed by atoms with E-state index < -0.39 is 16.9 Å². The van der Waals surface area contributed by atoms with Crippen molar-refractivity contribution in [2.45, 2.75) is 12.5 Å². The Morgan fingerprint density at radius 2 is 2.24 bits per heavy atom. The van der Waals surface area contributed by atoms with Gasteiger partial charge in [-0.05, 0) is 6.07 Å². The minimum Gasteiger partial charge on any atom is -0.480 e. The number of aliphatic carboxylic acids is 1. The van der Waals surface area contributed by atoms with Crippen LogP contribution in [0.3, 0.4) is 0 Å². The van der Waals surface area contributed by atoms with Gasteiger partial charge in [0.1, 0.15) is 11.7 Å². The van der Waals surface area contributed by atoms with Crippen molar-refractivity contribution in [2.75, 3.05) is 5.32 Å². The van der Waals surface area contributed by atoms with Gasteiger partial charge in [-0.15, -0.1) is 12.3 Å². The van der Waals surface area contributed by atoms with Gasteiger partial charge >= 0.3 is 5.97 Å². The second kappa shape index (κ2) is 5.51. The molecular formula is C11H10N2O4. The molecule has 6 heteroatoms. The molecule has 0 aliphatic heterocycles. The lowest BCUT2D eigenvalue weighted by molar-refractivity contribution is -0.384. The number of nitrogens with one attached hydrogen (secondary N) is 1. The maximum absolute atomic E-state index is 10.8. The molecule has 0 aromatic heterocycles. The van der Waals surface area contributed by atoms with E-state index in [0.717, 1.165) is 0 Å². The van der Waals surface area contributed by atoms with E-state index >= 15 is 0 Å². The zero-order valence-electron chi connectivity index (χ0n) is 8.79. The predicted octanol–water partition coefficient (Wildman–Crippen LogP) is 1.48. The zero-order valence-corrected chi connectivity index (χ0v) is 8.79. The number of nitrogens with zero attached hydrogens (tertiary/aromatic N) is 1. The van der Waals surface area contributed by atoms with Crippen molar-refractivity contribution in [3.63, 3.8) is 0 Å². The number of para-hydroxylation sites is 2. The molecule has 1 aromatic rings. The highest BCUT2D eigenvalue weighted by atomic mass is 16.6. The molecule has 0 aliphatic carbocycles. The molecule has 0 aliphatic rings. The highest BCUT2D eigenvalue weighted by molar-refractivity contribution is 5.79. The number of rotatable bonds is 5. The largest absolute Gasteiger partial charge is 0.480 e. The lowest BCUT2D eigenvalue weighted by Crippen LogP contribution is -2.28. The number of carboxylic acids is 1. The third kappa shape index (κ3) is 3.21. The summed E-state index contributed by atoms with van der Waals surface area (Å²) >= 11 is 0. The number of carboxylic acid groups (broad SMARTS) is 1. The SMILES string of the molecule is C#CCC(Nc1ccccc1[N+](=O)[O-])C(=O)O. The molecule has 0 fully saturated rings. The number of hydrogen-bond acceptors (Lipinski definition) is 4. The minimum atomic E-state index is -1.15. The summed E-state index contributed by atoms with van der Waals surface area (Å²) in [6, 6.07) is 4.76. The van der Waals surface area contributed by atoms with Crippen molar-refractivity contribution in [3.05, 3.63) is 34.4 Å². The quantitative estimate of drug-likeness (QED) is 0.457. The van der Waals surface area contributed by atoms with Crippen LogP contribution in [0.1, 0.15) is 6.42 Å². The Morgan fingerprint density at radius 1 is 1.59 bits per heavy atom. The van der Waals surface area contributed by atoms with Gasteiger partial charge in [-0.2, -0.15) is 0 Å². The topological polar surface area (TPSA) is 92.5 Å². The molecule has 1 aromatic carbocycles. The van der Waals surface area contributed by atoms with Crippen LogP contribution >= 0.6 is 0 Å². The van der Waals surface area contributed by atoms with Gasteiger partial charge in [0.25, 0.3) is 5.69 Å². The fourth-order valence-electron chi connectivity index (χ4n) is 1.26. The average molecular weight is 234 g/mol. The van der Waals surface area contributed by atoms with Gasteiger partial charge in [0.2, 0.25) is 0 Å². The average Bonchev–Trinajstić information content (AvgIpc) is 2.28. The van der Waals surface area contributed by atoms with Crippen LogP contribution < -0.4 is 5.32 Å². The summed E-state index contributed by atoms with van der Waals surface area (Å²) in [6.45, 7) is 0. The number of hydrogen-bond donors (Lipinski definition) is 2. The van der Waals surface area contributed by atoms with Crippen LogP contribution in [0.25, 0.3) is 0 Å². The second-order valence-electron chi connectivity index (χ2n) is 3.22. The van der Waals surface area contributed by atoms with Crippen LogP contribution in [-0.4, -0.2) is 22.0 Å². The van der Waals surface area contributed by atoms with E-state index in [1.165, 1.54) is 18.2 Å². The number of nitro groups is 1. The summed E-state index contributed by atoms with van der Waals surface area (Å²) in [5.74, 6) is 1.05. The number of anilines is 1. The Balaban J connectivity index is 2.97. The number of nitro benzene ring substituents is 1. The highest BCUT2D eigenvalue weighted by Gasteiger charge is 2.20. The summed E-state index contributed by atoms with van der Waals surface area (Å²) in [6.07, 6.45) is 4.98. The van der Waals surface area contributed by atoms with Gasteiger partial charge in [-0.3, -0.25) is 10.1 Å². The molecule has 1 rings (SSSR count). The van der Waals surface area contributed by atoms with E-state index in [9.17, 15) is 14.9 Å². The maximum atomic E-state index is 10.8. The fourth-order valence-corrected chi connectivity index (χ4v) is 1.26. The lowest BCUT2D eigenvalue weighted by atomic mass is 10.2. The molecule has 0 spiro atoms. The first kappa shape index (κ1) is 12.5. The van der Waals surface area contributed by atoms with Crippen LogP contribution in [0.4, 0.5) is 11.4 Å². The molecule has 0 amide bonds. The fraction of sp³-hybridized carbons (Fsp3) is 0.182. The standard InChI is InChI=1S/C11H10N2O4/c1-2-5-9(11(14)15)12-8-6-3-4-7-10(8)13(16)17/h1,3-4,6-7,9,12H,5H2,(H,14,15). The van der Waals surface area contributed by atoms with Gasteiger partial charge in [0.05, 0.1) is 4.92 Å². The molecule has 0 bridgehead atoms. The number of terminal acetylenes is 1. The van der Waals surface area contributed by atoms with E-state index in [-0.39, 0.29) is 17.8 Å². The summed E-state index contributed by atoms with van der Waals surface area (Å²) < 4.78 is 0. The molecule has 0 radical (unpaired) electrons. The molecule has 0 saturated heterocycles. The van der Waals surface area contributed by atoms with Crippen molar-refractivity contribution in [3.8, 4) is 12.3 Å². The van der Waals surface area contributed by atoms with Crippen molar-refractivity contribution < 1.29 is 14.8 Å². The van der Waals surface area contributed by atoms with E-state index in [4.69, 9.17) is 11.5 Å². The Hall–Kier alpha value is -2.55. The monoisotopic (exact) mass is 234 g/mol. The first-order valence-electron chi connectivity index (χ1n) is 4.72. The number of carbonyl (C=O) groups is 1. The molecule has 17 heavy (non-hydrogen) atoms. The van der Waals surface area contributed by atoms with Crippen LogP contribution in [0, 0.1) is 22.5 Å². The summed E-state index contributed by atoms with van der Waals surface area (Å²) in [4.78, 5) is 21.0. The van der Waals surface area contributed by atoms with Crippen molar-refractivity contribution in [1.29, 1.82) is 0 Å². The Bertz CT molecular complexity index is 479. The van der Waals surface area contributed by atoms with Crippen LogP contribution in [0.2, 0.25) is 0 Å². The lowest BCUT2D eigenvalue weighted by Gasteiger charge is -2.12. The predicted molar refractivity (Wildman–Crippen MR) is 61.6 cm³/mol. The highest BCUT2D eigenvalue weighted by Crippen LogP contribution is 2.24. The molecule has 88 valence electrons. The van der Waals surface area contributed by atoms with Gasteiger partial charge < -0.3 is 10.4 Å². The summed E-state index contributed by atoms with van der Waals surface area (Å²) in [7, 11) is 0. The first-order chi connectivity index (χ1) is 8.06. The van der Waals surface area contributed by atoms with E-state index in [2.05, 4.69) is 11.2 Å². The van der Waals surface area contributed by atoms with Crippen LogP contribution in [-0.2, 0) is 4.79 Å². The smallest absolute Gasteiger partial charge is 0.327 e.